The Labute approximate surface area is 123 Å². The Morgan fingerprint density at radius 3 is 2.79 bits per heavy atom. The van der Waals surface area contributed by atoms with Gasteiger partial charge in [-0.25, -0.2) is 4.79 Å². The molecule has 1 aromatic rings. The molecule has 1 aromatic carbocycles. The van der Waals surface area contributed by atoms with E-state index in [0.29, 0.717) is 5.92 Å². The average molecular weight is 326 g/mol. The summed E-state index contributed by atoms with van der Waals surface area (Å²) in [5, 5.41) is 8.73. The highest BCUT2D eigenvalue weighted by Crippen LogP contribution is 2.26. The number of carboxylic acid groups (broad SMARTS) is 1. The van der Waals surface area contributed by atoms with Crippen LogP contribution in [0.3, 0.4) is 0 Å². The van der Waals surface area contributed by atoms with E-state index in [1.165, 1.54) is 6.08 Å². The largest absolute Gasteiger partial charge is 0.478 e. The van der Waals surface area contributed by atoms with Crippen molar-refractivity contribution in [2.45, 2.75) is 20.3 Å². The number of carboxylic acids is 1. The van der Waals surface area contributed by atoms with Crippen LogP contribution < -0.4 is 4.90 Å². The molecule has 4 heteroatoms. The second-order valence-electron chi connectivity index (χ2n) is 4.77. The zero-order valence-corrected chi connectivity index (χ0v) is 13.1. The first-order valence-corrected chi connectivity index (χ1v) is 7.15. The lowest BCUT2D eigenvalue weighted by Crippen LogP contribution is -2.24. The molecular weight excluding hydrogens is 306 g/mol. The maximum Gasteiger partial charge on any atom is 0.328 e. The van der Waals surface area contributed by atoms with Crippen molar-refractivity contribution in [2.24, 2.45) is 5.92 Å². The number of benzene rings is 1. The Kier molecular flexibility index (Phi) is 6.09. The minimum Gasteiger partial charge on any atom is -0.478 e. The SMILES string of the molecule is CCC(C)CN(C)c1cc(Br)ccc1/C=C/C(=O)O. The van der Waals surface area contributed by atoms with E-state index in [-0.39, 0.29) is 0 Å². The van der Waals surface area contributed by atoms with Crippen LogP contribution in [-0.4, -0.2) is 24.7 Å². The van der Waals surface area contributed by atoms with Crippen molar-refractivity contribution < 1.29 is 9.90 Å². The van der Waals surface area contributed by atoms with E-state index in [1.54, 1.807) is 6.08 Å². The molecule has 1 rings (SSSR count). The van der Waals surface area contributed by atoms with Gasteiger partial charge in [0, 0.05) is 29.8 Å². The van der Waals surface area contributed by atoms with Crippen molar-refractivity contribution in [3.05, 3.63) is 34.3 Å². The summed E-state index contributed by atoms with van der Waals surface area (Å²) in [6.45, 7) is 5.33. The Bertz CT molecular complexity index is 471. The van der Waals surface area contributed by atoms with E-state index in [2.05, 4.69) is 34.7 Å². The summed E-state index contributed by atoms with van der Waals surface area (Å²) in [6.07, 6.45) is 3.93. The molecule has 0 fully saturated rings. The first-order valence-electron chi connectivity index (χ1n) is 6.35. The topological polar surface area (TPSA) is 40.5 Å². The van der Waals surface area contributed by atoms with E-state index < -0.39 is 5.97 Å². The molecule has 0 aliphatic rings. The Morgan fingerprint density at radius 1 is 1.53 bits per heavy atom. The number of rotatable bonds is 6. The van der Waals surface area contributed by atoms with Crippen LogP contribution in [0.1, 0.15) is 25.8 Å². The highest BCUT2D eigenvalue weighted by Gasteiger charge is 2.09. The van der Waals surface area contributed by atoms with Gasteiger partial charge in [-0.1, -0.05) is 42.3 Å². The van der Waals surface area contributed by atoms with E-state index in [0.717, 1.165) is 28.7 Å². The molecule has 0 saturated carbocycles. The molecule has 0 heterocycles. The fourth-order valence-electron chi connectivity index (χ4n) is 1.84. The van der Waals surface area contributed by atoms with Gasteiger partial charge in [0.15, 0.2) is 0 Å². The van der Waals surface area contributed by atoms with Gasteiger partial charge in [-0.15, -0.1) is 0 Å². The van der Waals surface area contributed by atoms with Crippen molar-refractivity contribution in [3.8, 4) is 0 Å². The molecule has 0 aromatic heterocycles. The van der Waals surface area contributed by atoms with Crippen LogP contribution in [0.5, 0.6) is 0 Å². The molecule has 104 valence electrons. The zero-order chi connectivity index (χ0) is 14.4. The number of hydrogen-bond donors (Lipinski definition) is 1. The van der Waals surface area contributed by atoms with Gasteiger partial charge >= 0.3 is 5.97 Å². The Morgan fingerprint density at radius 2 is 2.21 bits per heavy atom. The summed E-state index contributed by atoms with van der Waals surface area (Å²) < 4.78 is 0.992. The molecule has 0 amide bonds. The minimum absolute atomic E-state index is 0.597. The Hall–Kier alpha value is -1.29. The van der Waals surface area contributed by atoms with Crippen LogP contribution in [0, 0.1) is 5.92 Å². The van der Waals surface area contributed by atoms with Gasteiger partial charge in [0.25, 0.3) is 0 Å². The molecule has 3 nitrogen and oxygen atoms in total. The third-order valence-corrected chi connectivity index (χ3v) is 3.58. The molecule has 0 radical (unpaired) electrons. The first kappa shape index (κ1) is 15.8. The van der Waals surface area contributed by atoms with E-state index in [4.69, 9.17) is 5.11 Å². The summed E-state index contributed by atoms with van der Waals surface area (Å²) in [7, 11) is 2.03. The lowest BCUT2D eigenvalue weighted by Gasteiger charge is -2.24. The Balaban J connectivity index is 3.02. The molecule has 1 unspecified atom stereocenters. The smallest absolute Gasteiger partial charge is 0.328 e. The van der Waals surface area contributed by atoms with Gasteiger partial charge in [-0.2, -0.15) is 0 Å². The maximum atomic E-state index is 10.6. The standard InChI is InChI=1S/C15H20BrNO2/c1-4-11(2)10-17(3)14-9-13(16)7-5-12(14)6-8-15(18)19/h5-9,11H,4,10H2,1-3H3,(H,18,19)/b8-6+. The minimum atomic E-state index is -0.932. The van der Waals surface area contributed by atoms with Crippen LogP contribution in [0.15, 0.2) is 28.7 Å². The molecule has 0 saturated heterocycles. The number of aliphatic carboxylic acids is 1. The molecule has 1 N–H and O–H groups in total. The quantitative estimate of drug-likeness (QED) is 0.803. The normalized spacial score (nSPS) is 12.6. The predicted octanol–water partition coefficient (Wildman–Crippen LogP) is 4.03. The summed E-state index contributed by atoms with van der Waals surface area (Å²) in [5.74, 6) is -0.335. The maximum absolute atomic E-state index is 10.6. The summed E-state index contributed by atoms with van der Waals surface area (Å²) >= 11 is 3.46. The number of hydrogen-bond acceptors (Lipinski definition) is 2. The van der Waals surface area contributed by atoms with Crippen molar-refractivity contribution in [1.82, 2.24) is 0 Å². The third-order valence-electron chi connectivity index (χ3n) is 3.09. The number of anilines is 1. The highest BCUT2D eigenvalue weighted by molar-refractivity contribution is 9.10. The number of nitrogens with zero attached hydrogens (tertiary/aromatic N) is 1. The van der Waals surface area contributed by atoms with Gasteiger partial charge in [0.2, 0.25) is 0 Å². The van der Waals surface area contributed by atoms with Crippen molar-refractivity contribution in [2.75, 3.05) is 18.5 Å². The molecule has 0 aliphatic heterocycles. The second kappa shape index (κ2) is 7.34. The predicted molar refractivity (Wildman–Crippen MR) is 83.5 cm³/mol. The third kappa shape index (κ3) is 5.07. The van der Waals surface area contributed by atoms with Crippen LogP contribution in [0.2, 0.25) is 0 Å². The fourth-order valence-corrected chi connectivity index (χ4v) is 2.19. The molecular formula is C15H20BrNO2. The summed E-state index contributed by atoms with van der Waals surface area (Å²) in [6, 6.07) is 5.86. The van der Waals surface area contributed by atoms with E-state index in [9.17, 15) is 4.79 Å². The lowest BCUT2D eigenvalue weighted by molar-refractivity contribution is -0.131. The first-order chi connectivity index (χ1) is 8.93. The van der Waals surface area contributed by atoms with Gasteiger partial charge in [0.1, 0.15) is 0 Å². The molecule has 0 bridgehead atoms. The van der Waals surface area contributed by atoms with Gasteiger partial charge in [-0.3, -0.25) is 0 Å². The molecule has 1 atom stereocenters. The van der Waals surface area contributed by atoms with Crippen molar-refractivity contribution in [1.29, 1.82) is 0 Å². The lowest BCUT2D eigenvalue weighted by atomic mass is 10.1. The van der Waals surface area contributed by atoms with Gasteiger partial charge in [-0.05, 0) is 29.7 Å². The van der Waals surface area contributed by atoms with Crippen LogP contribution in [0.25, 0.3) is 6.08 Å². The highest BCUT2D eigenvalue weighted by atomic mass is 79.9. The van der Waals surface area contributed by atoms with Crippen molar-refractivity contribution >= 4 is 33.7 Å². The average Bonchev–Trinajstić information content (AvgIpc) is 2.36. The van der Waals surface area contributed by atoms with Gasteiger partial charge in [0.05, 0.1) is 0 Å². The zero-order valence-electron chi connectivity index (χ0n) is 11.6. The molecule has 0 spiro atoms. The summed E-state index contributed by atoms with van der Waals surface area (Å²) in [5.41, 5.74) is 1.95. The van der Waals surface area contributed by atoms with E-state index in [1.807, 2.05) is 25.2 Å². The van der Waals surface area contributed by atoms with Crippen molar-refractivity contribution in [3.63, 3.8) is 0 Å². The summed E-state index contributed by atoms with van der Waals surface area (Å²) in [4.78, 5) is 12.8. The van der Waals surface area contributed by atoms with Crippen LogP contribution in [0.4, 0.5) is 5.69 Å². The van der Waals surface area contributed by atoms with Crippen LogP contribution in [-0.2, 0) is 4.79 Å². The monoisotopic (exact) mass is 325 g/mol. The molecule has 0 aliphatic carbocycles. The number of halogens is 1. The molecule has 19 heavy (non-hydrogen) atoms. The van der Waals surface area contributed by atoms with Crippen LogP contribution >= 0.6 is 15.9 Å². The fraction of sp³-hybridized carbons (Fsp3) is 0.400. The van der Waals surface area contributed by atoms with Gasteiger partial charge < -0.3 is 10.0 Å². The second-order valence-corrected chi connectivity index (χ2v) is 5.68. The van der Waals surface area contributed by atoms with E-state index >= 15 is 0 Å². The number of carbonyl (C=O) groups is 1.